The zero-order chi connectivity index (χ0) is 11.6. The van der Waals surface area contributed by atoms with E-state index in [9.17, 15) is 4.79 Å². The Labute approximate surface area is 93.1 Å². The van der Waals surface area contributed by atoms with Crippen molar-refractivity contribution in [3.05, 3.63) is 11.6 Å². The first-order valence-corrected chi connectivity index (χ1v) is 5.82. The van der Waals surface area contributed by atoms with Gasteiger partial charge in [0.15, 0.2) is 0 Å². The average Bonchev–Trinajstić information content (AvgIpc) is 2.25. The van der Waals surface area contributed by atoms with Crippen molar-refractivity contribution in [1.29, 1.82) is 0 Å². The Kier molecular flexibility index (Phi) is 3.58. The lowest BCUT2D eigenvalue weighted by Crippen LogP contribution is -2.26. The molecule has 1 unspecified atom stereocenters. The van der Waals surface area contributed by atoms with Crippen molar-refractivity contribution in [3.8, 4) is 0 Å². The summed E-state index contributed by atoms with van der Waals surface area (Å²) in [5.41, 5.74) is 1.19. The van der Waals surface area contributed by atoms with Crippen molar-refractivity contribution in [2.45, 2.75) is 41.0 Å². The van der Waals surface area contributed by atoms with E-state index in [0.717, 1.165) is 18.5 Å². The number of nitrogens with one attached hydrogen (secondary N) is 1. The highest BCUT2D eigenvalue weighted by molar-refractivity contribution is 5.94. The smallest absolute Gasteiger partial charge is 0.247 e. The number of carbonyl (C=O) groups is 1. The monoisotopic (exact) mass is 209 g/mol. The van der Waals surface area contributed by atoms with Crippen LogP contribution >= 0.6 is 0 Å². The lowest BCUT2D eigenvalue weighted by Gasteiger charge is -2.27. The maximum atomic E-state index is 11.7. The summed E-state index contributed by atoms with van der Waals surface area (Å²) < 4.78 is 0. The molecule has 0 fully saturated rings. The van der Waals surface area contributed by atoms with Gasteiger partial charge in [0.25, 0.3) is 0 Å². The molecule has 0 bridgehead atoms. The Hall–Kier alpha value is -0.790. The van der Waals surface area contributed by atoms with Gasteiger partial charge in [0.05, 0.1) is 0 Å². The summed E-state index contributed by atoms with van der Waals surface area (Å²) in [6.45, 7) is 11.7. The van der Waals surface area contributed by atoms with E-state index in [0.29, 0.717) is 11.8 Å². The Bertz CT molecular complexity index is 271. The molecule has 15 heavy (non-hydrogen) atoms. The third kappa shape index (κ3) is 3.08. The molecule has 1 atom stereocenters. The van der Waals surface area contributed by atoms with Crippen LogP contribution in [-0.2, 0) is 4.79 Å². The summed E-state index contributed by atoms with van der Waals surface area (Å²) in [5.74, 6) is 0.929. The summed E-state index contributed by atoms with van der Waals surface area (Å²) in [6.07, 6.45) is 3.23. The minimum atomic E-state index is 0.122. The van der Waals surface area contributed by atoms with Crippen LogP contribution in [0.15, 0.2) is 11.6 Å². The number of hydrogen-bond acceptors (Lipinski definition) is 1. The van der Waals surface area contributed by atoms with Gasteiger partial charge in [0.1, 0.15) is 0 Å². The van der Waals surface area contributed by atoms with Crippen molar-refractivity contribution in [2.24, 2.45) is 17.3 Å². The SMILES string of the molecule is CC(C)C1=CC(C(C)(C)C)CCNC1=O. The molecule has 1 heterocycles. The van der Waals surface area contributed by atoms with Crippen LogP contribution in [-0.4, -0.2) is 12.5 Å². The van der Waals surface area contributed by atoms with E-state index in [1.165, 1.54) is 0 Å². The largest absolute Gasteiger partial charge is 0.352 e. The maximum Gasteiger partial charge on any atom is 0.247 e. The minimum absolute atomic E-state index is 0.122. The van der Waals surface area contributed by atoms with Gasteiger partial charge in [-0.15, -0.1) is 0 Å². The first kappa shape index (κ1) is 12.3. The number of allylic oxidation sites excluding steroid dienone is 1. The van der Waals surface area contributed by atoms with Crippen LogP contribution in [0.2, 0.25) is 0 Å². The van der Waals surface area contributed by atoms with Gasteiger partial charge >= 0.3 is 0 Å². The first-order chi connectivity index (χ1) is 6.82. The Morgan fingerprint density at radius 2 is 2.00 bits per heavy atom. The standard InChI is InChI=1S/C13H23NO/c1-9(2)11-8-10(13(3,4)5)6-7-14-12(11)15/h8-10H,6-7H2,1-5H3,(H,14,15). The van der Waals surface area contributed by atoms with Gasteiger partial charge in [0.2, 0.25) is 5.91 Å². The van der Waals surface area contributed by atoms with Crippen molar-refractivity contribution < 1.29 is 4.79 Å². The average molecular weight is 209 g/mol. The highest BCUT2D eigenvalue weighted by Gasteiger charge is 2.27. The van der Waals surface area contributed by atoms with Crippen LogP contribution in [0.3, 0.4) is 0 Å². The van der Waals surface area contributed by atoms with Crippen molar-refractivity contribution in [2.75, 3.05) is 6.54 Å². The van der Waals surface area contributed by atoms with Gasteiger partial charge in [-0.3, -0.25) is 4.79 Å². The zero-order valence-corrected chi connectivity index (χ0v) is 10.6. The topological polar surface area (TPSA) is 29.1 Å². The van der Waals surface area contributed by atoms with Gasteiger partial charge < -0.3 is 5.32 Å². The summed E-state index contributed by atoms with van der Waals surface area (Å²) in [5, 5.41) is 2.97. The summed E-state index contributed by atoms with van der Waals surface area (Å²) in [6, 6.07) is 0. The normalized spacial score (nSPS) is 23.5. The molecule has 0 aliphatic carbocycles. The molecule has 1 rings (SSSR count). The summed E-state index contributed by atoms with van der Waals surface area (Å²) in [7, 11) is 0. The highest BCUT2D eigenvalue weighted by Crippen LogP contribution is 2.32. The third-order valence-electron chi connectivity index (χ3n) is 3.12. The zero-order valence-electron chi connectivity index (χ0n) is 10.6. The van der Waals surface area contributed by atoms with Crippen LogP contribution < -0.4 is 5.32 Å². The quantitative estimate of drug-likeness (QED) is 0.707. The molecule has 2 heteroatoms. The second-order valence-corrected chi connectivity index (χ2v) is 5.79. The Balaban J connectivity index is 2.97. The van der Waals surface area contributed by atoms with Gasteiger partial charge in [-0.25, -0.2) is 0 Å². The van der Waals surface area contributed by atoms with E-state index in [1.54, 1.807) is 0 Å². The lowest BCUT2D eigenvalue weighted by molar-refractivity contribution is -0.117. The van der Waals surface area contributed by atoms with Crippen molar-refractivity contribution in [1.82, 2.24) is 5.32 Å². The van der Waals surface area contributed by atoms with Crippen LogP contribution in [0, 0.1) is 17.3 Å². The number of rotatable bonds is 1. The molecular formula is C13H23NO. The predicted octanol–water partition coefficient (Wildman–Crippen LogP) is 2.75. The van der Waals surface area contributed by atoms with Gasteiger partial charge in [0, 0.05) is 12.1 Å². The molecule has 0 aromatic carbocycles. The molecule has 0 spiro atoms. The van der Waals surface area contributed by atoms with Crippen LogP contribution in [0.25, 0.3) is 0 Å². The van der Waals surface area contributed by atoms with E-state index in [1.807, 2.05) is 0 Å². The summed E-state index contributed by atoms with van der Waals surface area (Å²) in [4.78, 5) is 11.7. The lowest BCUT2D eigenvalue weighted by atomic mass is 9.77. The molecule has 0 saturated heterocycles. The number of amides is 1. The van der Waals surface area contributed by atoms with Gasteiger partial charge in [-0.05, 0) is 23.7 Å². The third-order valence-corrected chi connectivity index (χ3v) is 3.12. The molecule has 1 aliphatic rings. The maximum absolute atomic E-state index is 11.7. The molecule has 86 valence electrons. The van der Waals surface area contributed by atoms with Crippen LogP contribution in [0.4, 0.5) is 0 Å². The van der Waals surface area contributed by atoms with Crippen LogP contribution in [0.5, 0.6) is 0 Å². The molecular weight excluding hydrogens is 186 g/mol. The first-order valence-electron chi connectivity index (χ1n) is 5.82. The van der Waals surface area contributed by atoms with Gasteiger partial charge in [-0.2, -0.15) is 0 Å². The molecule has 0 saturated carbocycles. The van der Waals surface area contributed by atoms with Crippen molar-refractivity contribution in [3.63, 3.8) is 0 Å². The fourth-order valence-electron chi connectivity index (χ4n) is 1.96. The van der Waals surface area contributed by atoms with E-state index in [4.69, 9.17) is 0 Å². The fraction of sp³-hybridized carbons (Fsp3) is 0.769. The highest BCUT2D eigenvalue weighted by atomic mass is 16.1. The number of carbonyl (C=O) groups excluding carboxylic acids is 1. The van der Waals surface area contributed by atoms with E-state index in [-0.39, 0.29) is 11.3 Å². The van der Waals surface area contributed by atoms with Gasteiger partial charge in [-0.1, -0.05) is 40.7 Å². The molecule has 1 aliphatic heterocycles. The second kappa shape index (κ2) is 4.38. The molecule has 0 aromatic heterocycles. The van der Waals surface area contributed by atoms with E-state index in [2.05, 4.69) is 46.0 Å². The fourth-order valence-corrected chi connectivity index (χ4v) is 1.96. The van der Waals surface area contributed by atoms with Crippen molar-refractivity contribution >= 4 is 5.91 Å². The Morgan fingerprint density at radius 1 is 1.40 bits per heavy atom. The Morgan fingerprint density at radius 3 is 2.47 bits per heavy atom. The molecule has 0 aromatic rings. The minimum Gasteiger partial charge on any atom is -0.352 e. The van der Waals surface area contributed by atoms with Crippen LogP contribution in [0.1, 0.15) is 41.0 Å². The molecule has 1 amide bonds. The molecule has 2 nitrogen and oxygen atoms in total. The predicted molar refractivity (Wildman–Crippen MR) is 63.5 cm³/mol. The van der Waals surface area contributed by atoms with E-state index >= 15 is 0 Å². The summed E-state index contributed by atoms with van der Waals surface area (Å²) >= 11 is 0. The molecule has 0 radical (unpaired) electrons. The second-order valence-electron chi connectivity index (χ2n) is 5.79. The molecule has 1 N–H and O–H groups in total. The van der Waals surface area contributed by atoms with E-state index < -0.39 is 0 Å². The number of hydrogen-bond donors (Lipinski definition) is 1.